The van der Waals surface area contributed by atoms with Gasteiger partial charge in [0.05, 0.1) is 23.6 Å². The van der Waals surface area contributed by atoms with E-state index in [-0.39, 0.29) is 39.1 Å². The number of sulfonamides is 1. The number of hydrogen-bond donors (Lipinski definition) is 3. The number of H-pyrrole nitrogens is 1. The summed E-state index contributed by atoms with van der Waals surface area (Å²) < 4.78 is 41.4. The third kappa shape index (κ3) is 10.2. The minimum Gasteiger partial charge on any atom is -0.474 e. The lowest BCUT2D eigenvalue weighted by molar-refractivity contribution is -0.0434. The number of anilines is 1. The first-order valence-corrected chi connectivity index (χ1v) is 23.1. The SMILES string of the molecule is CC1CCC(O)(COc2ncc(S(=O)(=O)NC(=O)c3ccc(N4CCN(CC5=C(c6ccc(Cl)cc6)CC(C)(C)CC5)CC4)cc3Oc3cnc4[nH]ccc4c3)cc2Cl)CC1. The average molecular weight is 888 g/mol. The van der Waals surface area contributed by atoms with Gasteiger partial charge in [-0.3, -0.25) is 9.69 Å². The molecule has 322 valence electrons. The number of allylic oxidation sites excluding steroid dienone is 1. The van der Waals surface area contributed by atoms with Crippen molar-refractivity contribution in [2.75, 3.05) is 44.2 Å². The molecule has 1 aliphatic heterocycles. The Kier molecular flexibility index (Phi) is 12.4. The van der Waals surface area contributed by atoms with Gasteiger partial charge in [-0.1, -0.05) is 61.7 Å². The fraction of sp³-hybridized carbons (Fsp3) is 0.413. The third-order valence-corrected chi connectivity index (χ3v) is 14.2. The maximum Gasteiger partial charge on any atom is 0.268 e. The molecule has 1 saturated heterocycles. The van der Waals surface area contributed by atoms with Gasteiger partial charge in [0, 0.05) is 61.1 Å². The second-order valence-electron chi connectivity index (χ2n) is 17.7. The molecule has 3 aliphatic rings. The molecule has 0 spiro atoms. The van der Waals surface area contributed by atoms with Gasteiger partial charge in [0.15, 0.2) is 0 Å². The molecule has 0 atom stereocenters. The van der Waals surface area contributed by atoms with Gasteiger partial charge in [0.25, 0.3) is 15.9 Å². The standard InChI is InChI=1S/C46H52Cl2N6O6S/c1-30-10-15-46(56,16-11-30)29-59-44-40(48)24-37(27-51-44)61(57,58)52-43(55)38-9-8-35(23-41(38)60-36-22-32-13-17-49-42(32)50-26-36)54-20-18-53(19-21-54)28-33-12-14-45(2,3)25-39(33)31-4-6-34(47)7-5-31/h4-9,13,17,22-24,26-27,30,56H,10-12,14-16,18-21,25,28-29H2,1-3H3,(H,49,50)(H,52,55). The predicted octanol–water partition coefficient (Wildman–Crippen LogP) is 9.28. The van der Waals surface area contributed by atoms with Crippen LogP contribution in [0.3, 0.4) is 0 Å². The number of nitrogens with one attached hydrogen (secondary N) is 2. The highest BCUT2D eigenvalue weighted by molar-refractivity contribution is 7.90. The molecule has 1 amide bonds. The zero-order valence-corrected chi connectivity index (χ0v) is 37.0. The molecule has 1 saturated carbocycles. The van der Waals surface area contributed by atoms with Crippen LogP contribution in [0.1, 0.15) is 81.6 Å². The van der Waals surface area contributed by atoms with E-state index in [9.17, 15) is 18.3 Å². The lowest BCUT2D eigenvalue weighted by Gasteiger charge is -2.39. The van der Waals surface area contributed by atoms with Crippen molar-refractivity contribution in [1.29, 1.82) is 0 Å². The van der Waals surface area contributed by atoms with E-state index in [1.807, 2.05) is 24.3 Å². The molecular formula is C46H52Cl2N6O6S. The monoisotopic (exact) mass is 886 g/mol. The van der Waals surface area contributed by atoms with Crippen LogP contribution >= 0.6 is 23.2 Å². The molecule has 0 bridgehead atoms. The molecule has 5 aromatic rings. The zero-order valence-electron chi connectivity index (χ0n) is 34.7. The summed E-state index contributed by atoms with van der Waals surface area (Å²) in [6, 6.07) is 18.2. The minimum absolute atomic E-state index is 0.00287. The van der Waals surface area contributed by atoms with Crippen LogP contribution in [-0.2, 0) is 10.0 Å². The van der Waals surface area contributed by atoms with Crippen LogP contribution in [0.25, 0.3) is 16.6 Å². The summed E-state index contributed by atoms with van der Waals surface area (Å²) in [5.41, 5.74) is 4.90. The maximum atomic E-state index is 13.9. The van der Waals surface area contributed by atoms with Crippen LogP contribution in [0.2, 0.25) is 10.0 Å². The Morgan fingerprint density at radius 2 is 1.72 bits per heavy atom. The number of aromatic nitrogens is 3. The Balaban J connectivity index is 0.982. The Morgan fingerprint density at radius 3 is 2.46 bits per heavy atom. The van der Waals surface area contributed by atoms with Crippen LogP contribution in [0, 0.1) is 11.3 Å². The first kappa shape index (κ1) is 43.0. The number of aliphatic hydroxyl groups is 1. The highest BCUT2D eigenvalue weighted by Gasteiger charge is 2.34. The smallest absolute Gasteiger partial charge is 0.268 e. The fourth-order valence-corrected chi connectivity index (χ4v) is 9.87. The Bertz CT molecular complexity index is 2550. The molecule has 8 rings (SSSR count). The van der Waals surface area contributed by atoms with E-state index < -0.39 is 21.5 Å². The van der Waals surface area contributed by atoms with Gasteiger partial charge in [-0.25, -0.2) is 23.1 Å². The zero-order chi connectivity index (χ0) is 42.9. The van der Waals surface area contributed by atoms with E-state index in [2.05, 4.69) is 62.4 Å². The van der Waals surface area contributed by atoms with E-state index in [1.54, 1.807) is 30.6 Å². The van der Waals surface area contributed by atoms with Crippen molar-refractivity contribution in [3.05, 3.63) is 106 Å². The van der Waals surface area contributed by atoms with Crippen LogP contribution < -0.4 is 19.1 Å². The summed E-state index contributed by atoms with van der Waals surface area (Å²) in [5.74, 6) is 0.185. The largest absolute Gasteiger partial charge is 0.474 e. The molecule has 4 heterocycles. The van der Waals surface area contributed by atoms with Gasteiger partial charge in [0.2, 0.25) is 5.88 Å². The first-order valence-electron chi connectivity index (χ1n) is 20.9. The normalized spacial score (nSPS) is 21.1. The third-order valence-electron chi connectivity index (χ3n) is 12.3. The van der Waals surface area contributed by atoms with E-state index in [1.165, 1.54) is 22.8 Å². The average Bonchev–Trinajstić information content (AvgIpc) is 3.71. The molecule has 12 nitrogen and oxygen atoms in total. The molecule has 15 heteroatoms. The molecule has 0 unspecified atom stereocenters. The molecule has 2 aromatic carbocycles. The summed E-state index contributed by atoms with van der Waals surface area (Å²) >= 11 is 12.7. The number of carbonyl (C=O) groups excluding carboxylic acids is 1. The quantitative estimate of drug-likeness (QED) is 0.111. The van der Waals surface area contributed by atoms with Gasteiger partial charge in [-0.15, -0.1) is 0 Å². The number of fused-ring (bicyclic) bond motifs is 1. The number of halogens is 2. The number of nitrogens with zero attached hydrogens (tertiary/aromatic N) is 4. The highest BCUT2D eigenvalue weighted by atomic mass is 35.5. The molecule has 3 aromatic heterocycles. The van der Waals surface area contributed by atoms with E-state index in [0.717, 1.165) is 87.1 Å². The number of rotatable bonds is 12. The van der Waals surface area contributed by atoms with Gasteiger partial charge >= 0.3 is 0 Å². The van der Waals surface area contributed by atoms with Crippen molar-refractivity contribution in [3.63, 3.8) is 0 Å². The number of hydrogen-bond acceptors (Lipinski definition) is 10. The number of benzene rings is 2. The fourth-order valence-electron chi connectivity index (χ4n) is 8.52. The maximum absolute atomic E-state index is 13.9. The number of ether oxygens (including phenoxy) is 2. The molecule has 2 aliphatic carbocycles. The van der Waals surface area contributed by atoms with Crippen molar-refractivity contribution < 1.29 is 27.8 Å². The number of piperazine rings is 1. The van der Waals surface area contributed by atoms with E-state index in [0.29, 0.717) is 30.2 Å². The van der Waals surface area contributed by atoms with Gasteiger partial charge < -0.3 is 24.5 Å². The molecule has 2 fully saturated rings. The summed E-state index contributed by atoms with van der Waals surface area (Å²) in [6.07, 6.45) is 10.6. The minimum atomic E-state index is -4.44. The van der Waals surface area contributed by atoms with Crippen molar-refractivity contribution in [1.82, 2.24) is 24.6 Å². The lowest BCUT2D eigenvalue weighted by atomic mass is 9.72. The van der Waals surface area contributed by atoms with Crippen molar-refractivity contribution in [2.45, 2.75) is 76.2 Å². The molecule has 61 heavy (non-hydrogen) atoms. The van der Waals surface area contributed by atoms with E-state index >= 15 is 0 Å². The lowest BCUT2D eigenvalue weighted by Crippen LogP contribution is -2.47. The summed E-state index contributed by atoms with van der Waals surface area (Å²) in [6.45, 7) is 10.9. The molecular weight excluding hydrogens is 836 g/mol. The number of aromatic amines is 1. The van der Waals surface area contributed by atoms with Gasteiger partial charge in [-0.05, 0) is 110 Å². The molecule has 0 radical (unpaired) electrons. The van der Waals surface area contributed by atoms with E-state index in [4.69, 9.17) is 32.7 Å². The highest BCUT2D eigenvalue weighted by Crippen LogP contribution is 2.43. The van der Waals surface area contributed by atoms with Gasteiger partial charge in [-0.2, -0.15) is 0 Å². The van der Waals surface area contributed by atoms with Crippen molar-refractivity contribution in [3.8, 4) is 17.4 Å². The van der Waals surface area contributed by atoms with Crippen molar-refractivity contribution >= 4 is 61.4 Å². The van der Waals surface area contributed by atoms with Crippen LogP contribution in [0.4, 0.5) is 5.69 Å². The number of pyridine rings is 2. The van der Waals surface area contributed by atoms with Crippen molar-refractivity contribution in [2.24, 2.45) is 11.3 Å². The Labute approximate surface area is 367 Å². The second-order valence-corrected chi connectivity index (χ2v) is 20.2. The second kappa shape index (κ2) is 17.6. The summed E-state index contributed by atoms with van der Waals surface area (Å²) in [5, 5.41) is 12.4. The Hall–Kier alpha value is -4.66. The number of amides is 1. The molecule has 3 N–H and O–H groups in total. The first-order chi connectivity index (χ1) is 29.1. The topological polar surface area (TPSA) is 150 Å². The van der Waals surface area contributed by atoms with Crippen LogP contribution in [0.15, 0.2) is 89.7 Å². The summed E-state index contributed by atoms with van der Waals surface area (Å²) in [4.78, 5) is 29.9. The van der Waals surface area contributed by atoms with Crippen LogP contribution in [0.5, 0.6) is 17.4 Å². The van der Waals surface area contributed by atoms with Gasteiger partial charge in [0.1, 0.15) is 33.7 Å². The Morgan fingerprint density at radius 1 is 0.967 bits per heavy atom. The summed E-state index contributed by atoms with van der Waals surface area (Å²) in [7, 11) is -4.44. The predicted molar refractivity (Wildman–Crippen MR) is 239 cm³/mol. The van der Waals surface area contributed by atoms with Crippen LogP contribution in [-0.4, -0.2) is 84.2 Å². The number of carbonyl (C=O) groups is 1.